The van der Waals surface area contributed by atoms with E-state index in [1.807, 2.05) is 0 Å². The lowest BCUT2D eigenvalue weighted by atomic mass is 9.79. The SMILES string of the molecule is Cc1ccc(CCc2ccc(N(c3ccccc3)c3c4ccccc4c(-c4c5ccccc5c(-c5c6ccccc6c(-c6c7ccccc7c(N(c7ccccc7)c7ccc(CCc8ccc(C)cc8)cc7)c7ccccc67)c6ccccc56)c5ccccc45)c4ccccc34)cc2)cc1. The summed E-state index contributed by atoms with van der Waals surface area (Å²) in [5, 5.41) is 19.3. The van der Waals surface area contributed by atoms with Gasteiger partial charge in [-0.2, -0.15) is 0 Å². The van der Waals surface area contributed by atoms with Crippen molar-refractivity contribution in [3.05, 3.63) is 385 Å². The van der Waals surface area contributed by atoms with Gasteiger partial charge in [0, 0.05) is 44.3 Å². The monoisotopic (exact) mass is 1280 g/mol. The number of aryl methyl sites for hydroxylation is 6. The first-order valence-electron chi connectivity index (χ1n) is 35.2. The molecule has 0 saturated heterocycles. The molecule has 0 atom stereocenters. The predicted molar refractivity (Wildman–Crippen MR) is 429 cm³/mol. The van der Waals surface area contributed by atoms with E-state index in [9.17, 15) is 0 Å². The van der Waals surface area contributed by atoms with Gasteiger partial charge in [0.25, 0.3) is 0 Å². The molecule has 0 aliphatic rings. The molecule has 474 valence electrons. The van der Waals surface area contributed by atoms with Crippen molar-refractivity contribution in [3.8, 4) is 33.4 Å². The lowest BCUT2D eigenvalue weighted by molar-refractivity contribution is 0.959. The van der Waals surface area contributed by atoms with E-state index in [0.717, 1.165) is 59.8 Å². The van der Waals surface area contributed by atoms with Gasteiger partial charge in [0.05, 0.1) is 11.4 Å². The highest BCUT2D eigenvalue weighted by Crippen LogP contribution is 2.56. The summed E-state index contributed by atoms with van der Waals surface area (Å²) in [6.45, 7) is 4.31. The van der Waals surface area contributed by atoms with Crippen molar-refractivity contribution in [1.29, 1.82) is 0 Å². The van der Waals surface area contributed by atoms with Crippen LogP contribution in [-0.2, 0) is 25.7 Å². The maximum atomic E-state index is 2.49. The topological polar surface area (TPSA) is 6.48 Å². The van der Waals surface area contributed by atoms with Crippen LogP contribution < -0.4 is 9.80 Å². The van der Waals surface area contributed by atoms with E-state index >= 15 is 0 Å². The van der Waals surface area contributed by atoms with Gasteiger partial charge in [-0.1, -0.05) is 314 Å². The molecule has 18 rings (SSSR count). The number of hydrogen-bond acceptors (Lipinski definition) is 2. The quantitative estimate of drug-likeness (QED) is 0.0944. The van der Waals surface area contributed by atoms with Crippen LogP contribution in [0.15, 0.2) is 352 Å². The van der Waals surface area contributed by atoms with Crippen LogP contribution in [0.25, 0.3) is 120 Å². The summed E-state index contributed by atoms with van der Waals surface area (Å²) in [7, 11) is 0. The van der Waals surface area contributed by atoms with E-state index < -0.39 is 0 Å². The summed E-state index contributed by atoms with van der Waals surface area (Å²) >= 11 is 0. The molecule has 0 saturated carbocycles. The largest absolute Gasteiger partial charge is 0.309 e. The summed E-state index contributed by atoms with van der Waals surface area (Å²) in [6, 6.07) is 132. The minimum absolute atomic E-state index is 0.972. The van der Waals surface area contributed by atoms with Gasteiger partial charge in [-0.25, -0.2) is 0 Å². The predicted octanol–water partition coefficient (Wildman–Crippen LogP) is 27.0. The number of hydrogen-bond donors (Lipinski definition) is 0. The number of benzene rings is 18. The van der Waals surface area contributed by atoms with Crippen LogP contribution in [0.5, 0.6) is 0 Å². The lowest BCUT2D eigenvalue weighted by Gasteiger charge is -2.30. The van der Waals surface area contributed by atoms with E-state index in [0.29, 0.717) is 0 Å². The molecule has 18 aromatic carbocycles. The standard InChI is InChI=1S/C98H72N2/c1-65-45-49-67(50-46-65)53-55-69-57-61-73(62-58-69)99(71-25-5-3-6-26-71)97-87-41-21-17-37-83(87)95(84-38-18-22-42-88(84)97)93-79-33-13-9-29-75(79)91(76-30-10-14-34-80(76)93)92-77-31-11-15-35-81(77)94(82-36-16-12-32-78(82)92)96-85-39-19-23-43-89(85)98(90-44-24-20-40-86(90)96)100(72-27-7-4-8-28-72)74-63-59-70(60-64-74)56-54-68-51-47-66(2)48-52-68/h3-52,57-64H,53-56H2,1-2H3. The summed E-state index contributed by atoms with van der Waals surface area (Å²) in [5.41, 5.74) is 22.1. The van der Waals surface area contributed by atoms with Crippen molar-refractivity contribution in [1.82, 2.24) is 0 Å². The smallest absolute Gasteiger partial charge is 0.0618 e. The van der Waals surface area contributed by atoms with E-state index in [1.165, 1.54) is 153 Å². The molecule has 0 N–H and O–H groups in total. The molecule has 0 radical (unpaired) electrons. The van der Waals surface area contributed by atoms with Gasteiger partial charge in [-0.15, -0.1) is 0 Å². The van der Waals surface area contributed by atoms with Crippen LogP contribution in [-0.4, -0.2) is 0 Å². The second kappa shape index (κ2) is 25.6. The van der Waals surface area contributed by atoms with Gasteiger partial charge in [0.15, 0.2) is 0 Å². The Morgan fingerprint density at radius 1 is 0.160 bits per heavy atom. The number of fused-ring (bicyclic) bond motifs is 8. The minimum Gasteiger partial charge on any atom is -0.309 e. The van der Waals surface area contributed by atoms with Crippen molar-refractivity contribution >= 4 is 120 Å². The van der Waals surface area contributed by atoms with Crippen molar-refractivity contribution in [2.24, 2.45) is 0 Å². The van der Waals surface area contributed by atoms with Gasteiger partial charge in [0.1, 0.15) is 0 Å². The fourth-order valence-corrected chi connectivity index (χ4v) is 16.2. The molecule has 0 heterocycles. The zero-order chi connectivity index (χ0) is 66.6. The molecule has 0 aromatic heterocycles. The van der Waals surface area contributed by atoms with Crippen LogP contribution >= 0.6 is 0 Å². The highest BCUT2D eigenvalue weighted by molar-refractivity contribution is 6.36. The Kier molecular flexibility index (Phi) is 15.4. The second-order valence-corrected chi connectivity index (χ2v) is 27.0. The second-order valence-electron chi connectivity index (χ2n) is 27.0. The third-order valence-corrected chi connectivity index (χ3v) is 20.9. The molecule has 2 nitrogen and oxygen atoms in total. The normalized spacial score (nSPS) is 11.7. The summed E-state index contributed by atoms with van der Waals surface area (Å²) in [5.74, 6) is 0. The van der Waals surface area contributed by atoms with Crippen molar-refractivity contribution in [3.63, 3.8) is 0 Å². The Labute approximate surface area is 584 Å². The molecule has 18 aromatic rings. The molecule has 0 aliphatic carbocycles. The highest BCUT2D eigenvalue weighted by atomic mass is 15.2. The summed E-state index contributed by atoms with van der Waals surface area (Å²) < 4.78 is 0. The third-order valence-electron chi connectivity index (χ3n) is 20.9. The highest BCUT2D eigenvalue weighted by Gasteiger charge is 2.29. The Balaban J connectivity index is 0.832. The van der Waals surface area contributed by atoms with Crippen molar-refractivity contribution in [2.75, 3.05) is 9.80 Å². The van der Waals surface area contributed by atoms with E-state index in [4.69, 9.17) is 0 Å². The first kappa shape index (κ1) is 60.1. The molecule has 0 spiro atoms. The first-order valence-corrected chi connectivity index (χ1v) is 35.2. The molecule has 0 amide bonds. The third kappa shape index (κ3) is 10.5. The summed E-state index contributed by atoms with van der Waals surface area (Å²) in [4.78, 5) is 4.98. The number of para-hydroxylation sites is 2. The minimum atomic E-state index is 0.972. The molecular formula is C98H72N2. The Morgan fingerprint density at radius 2 is 0.320 bits per heavy atom. The summed E-state index contributed by atoms with van der Waals surface area (Å²) in [6.07, 6.45) is 3.94. The molecule has 0 unspecified atom stereocenters. The Morgan fingerprint density at radius 3 is 0.530 bits per heavy atom. The zero-order valence-corrected chi connectivity index (χ0v) is 56.2. The zero-order valence-electron chi connectivity index (χ0n) is 56.2. The fraction of sp³-hybridized carbons (Fsp3) is 0.0612. The molecule has 0 fully saturated rings. The van der Waals surface area contributed by atoms with Crippen molar-refractivity contribution in [2.45, 2.75) is 39.5 Å². The van der Waals surface area contributed by atoms with Crippen molar-refractivity contribution < 1.29 is 0 Å². The van der Waals surface area contributed by atoms with E-state index in [-0.39, 0.29) is 0 Å². The maximum absolute atomic E-state index is 2.49. The van der Waals surface area contributed by atoms with Crippen LogP contribution in [0, 0.1) is 13.8 Å². The fourth-order valence-electron chi connectivity index (χ4n) is 16.2. The van der Waals surface area contributed by atoms with E-state index in [2.05, 4.69) is 375 Å². The average molecular weight is 1280 g/mol. The van der Waals surface area contributed by atoms with Gasteiger partial charge in [0.2, 0.25) is 0 Å². The van der Waals surface area contributed by atoms with Crippen LogP contribution in [0.3, 0.4) is 0 Å². The average Bonchev–Trinajstić information content (AvgIpc) is 0.703. The van der Waals surface area contributed by atoms with Gasteiger partial charge in [-0.3, -0.25) is 0 Å². The molecule has 100 heavy (non-hydrogen) atoms. The number of nitrogens with zero attached hydrogens (tertiary/aromatic N) is 2. The van der Waals surface area contributed by atoms with Gasteiger partial charge in [-0.05, 0) is 208 Å². The van der Waals surface area contributed by atoms with Gasteiger partial charge < -0.3 is 9.80 Å². The number of rotatable bonds is 15. The van der Waals surface area contributed by atoms with Crippen LogP contribution in [0.4, 0.5) is 34.1 Å². The Hall–Kier alpha value is -12.4. The maximum Gasteiger partial charge on any atom is 0.0618 e. The number of anilines is 6. The first-order chi connectivity index (χ1) is 49.5. The van der Waals surface area contributed by atoms with Crippen LogP contribution in [0.2, 0.25) is 0 Å². The molecule has 0 bridgehead atoms. The molecular weight excluding hydrogens is 1210 g/mol. The van der Waals surface area contributed by atoms with E-state index in [1.54, 1.807) is 0 Å². The molecule has 2 heteroatoms. The molecule has 0 aliphatic heterocycles. The van der Waals surface area contributed by atoms with Gasteiger partial charge >= 0.3 is 0 Å². The lowest BCUT2D eigenvalue weighted by Crippen LogP contribution is -2.11. The Bertz CT molecular complexity index is 5530. The van der Waals surface area contributed by atoms with Crippen LogP contribution in [0.1, 0.15) is 33.4 Å².